The van der Waals surface area contributed by atoms with Crippen LogP contribution < -0.4 is 5.32 Å². The Morgan fingerprint density at radius 2 is 1.87 bits per heavy atom. The van der Waals surface area contributed by atoms with Gasteiger partial charge in [-0.15, -0.1) is 0 Å². The SMILES string of the molecule is O=C1CC(N2Cc3c(cc(F)cc3C3CCCC3)C2=O)C(=O)N1. The minimum Gasteiger partial charge on any atom is -0.322 e. The minimum atomic E-state index is -0.776. The van der Waals surface area contributed by atoms with Crippen molar-refractivity contribution >= 4 is 17.7 Å². The van der Waals surface area contributed by atoms with Crippen LogP contribution in [0.25, 0.3) is 0 Å². The summed E-state index contributed by atoms with van der Waals surface area (Å²) in [7, 11) is 0. The molecule has 1 aromatic rings. The number of imide groups is 1. The highest BCUT2D eigenvalue weighted by Gasteiger charge is 2.43. The van der Waals surface area contributed by atoms with Crippen LogP contribution in [0.5, 0.6) is 0 Å². The normalized spacial score (nSPS) is 24.5. The predicted molar refractivity (Wildman–Crippen MR) is 79.0 cm³/mol. The number of halogens is 1. The topological polar surface area (TPSA) is 66.5 Å². The van der Waals surface area contributed by atoms with Gasteiger partial charge in [0.1, 0.15) is 11.9 Å². The van der Waals surface area contributed by atoms with Crippen LogP contribution in [0.15, 0.2) is 12.1 Å². The first-order valence-corrected chi connectivity index (χ1v) is 8.01. The largest absolute Gasteiger partial charge is 0.322 e. The van der Waals surface area contributed by atoms with Crippen molar-refractivity contribution in [1.82, 2.24) is 10.2 Å². The van der Waals surface area contributed by atoms with E-state index in [0.717, 1.165) is 36.8 Å². The molecule has 4 rings (SSSR count). The highest BCUT2D eigenvalue weighted by atomic mass is 19.1. The smallest absolute Gasteiger partial charge is 0.255 e. The summed E-state index contributed by atoms with van der Waals surface area (Å²) in [5.41, 5.74) is 2.08. The second kappa shape index (κ2) is 5.15. The highest BCUT2D eigenvalue weighted by molar-refractivity contribution is 6.09. The Balaban J connectivity index is 1.71. The van der Waals surface area contributed by atoms with Crippen molar-refractivity contribution < 1.29 is 18.8 Å². The second-order valence-corrected chi connectivity index (χ2v) is 6.57. The Hall–Kier alpha value is -2.24. The molecule has 0 radical (unpaired) electrons. The van der Waals surface area contributed by atoms with Gasteiger partial charge in [-0.25, -0.2) is 4.39 Å². The summed E-state index contributed by atoms with van der Waals surface area (Å²) in [5.74, 6) is -1.29. The zero-order chi connectivity index (χ0) is 16.1. The zero-order valence-electron chi connectivity index (χ0n) is 12.6. The average molecular weight is 316 g/mol. The van der Waals surface area contributed by atoms with Gasteiger partial charge in [-0.05, 0) is 42.0 Å². The van der Waals surface area contributed by atoms with Gasteiger partial charge >= 0.3 is 0 Å². The molecule has 23 heavy (non-hydrogen) atoms. The lowest BCUT2D eigenvalue weighted by atomic mass is 9.91. The Morgan fingerprint density at radius 3 is 2.52 bits per heavy atom. The fourth-order valence-corrected chi connectivity index (χ4v) is 4.07. The summed E-state index contributed by atoms with van der Waals surface area (Å²) in [6, 6.07) is 2.01. The number of carbonyl (C=O) groups is 3. The van der Waals surface area contributed by atoms with Crippen molar-refractivity contribution in [3.8, 4) is 0 Å². The van der Waals surface area contributed by atoms with E-state index >= 15 is 0 Å². The number of benzene rings is 1. The van der Waals surface area contributed by atoms with E-state index in [-0.39, 0.29) is 30.7 Å². The van der Waals surface area contributed by atoms with Gasteiger partial charge in [0, 0.05) is 12.1 Å². The molecule has 1 aromatic carbocycles. The molecule has 2 heterocycles. The summed E-state index contributed by atoms with van der Waals surface area (Å²) in [5, 5.41) is 2.23. The standard InChI is InChI=1S/C17H17FN2O3/c18-10-5-11(9-3-1-2-4-9)13-8-20(17(23)12(13)6-10)14-7-15(21)19-16(14)22/h5-6,9,14H,1-4,7-8H2,(H,19,21,22). The van der Waals surface area contributed by atoms with E-state index in [1.807, 2.05) is 0 Å². The first-order chi connectivity index (χ1) is 11.0. The van der Waals surface area contributed by atoms with Gasteiger partial charge in [-0.1, -0.05) is 12.8 Å². The third-order valence-corrected chi connectivity index (χ3v) is 5.18. The zero-order valence-corrected chi connectivity index (χ0v) is 12.6. The van der Waals surface area contributed by atoms with E-state index in [0.29, 0.717) is 5.56 Å². The lowest BCUT2D eigenvalue weighted by Gasteiger charge is -2.21. The average Bonchev–Trinajstić information content (AvgIpc) is 3.20. The van der Waals surface area contributed by atoms with Crippen LogP contribution in [0, 0.1) is 5.82 Å². The van der Waals surface area contributed by atoms with Crippen LogP contribution in [0.2, 0.25) is 0 Å². The lowest BCUT2D eigenvalue weighted by Crippen LogP contribution is -2.40. The van der Waals surface area contributed by atoms with Crippen LogP contribution in [0.3, 0.4) is 0 Å². The quantitative estimate of drug-likeness (QED) is 0.847. The van der Waals surface area contributed by atoms with E-state index < -0.39 is 17.8 Å². The third-order valence-electron chi connectivity index (χ3n) is 5.18. The molecule has 0 aromatic heterocycles. The Morgan fingerprint density at radius 1 is 1.13 bits per heavy atom. The molecule has 1 saturated carbocycles. The number of rotatable bonds is 2. The molecule has 2 aliphatic heterocycles. The van der Waals surface area contributed by atoms with Crippen molar-refractivity contribution in [2.24, 2.45) is 0 Å². The van der Waals surface area contributed by atoms with E-state index in [9.17, 15) is 18.8 Å². The minimum absolute atomic E-state index is 0.0141. The van der Waals surface area contributed by atoms with Crippen LogP contribution in [0.1, 0.15) is 59.5 Å². The molecule has 5 nitrogen and oxygen atoms in total. The van der Waals surface area contributed by atoms with E-state index in [1.165, 1.54) is 17.0 Å². The molecular weight excluding hydrogens is 299 g/mol. The van der Waals surface area contributed by atoms with Crippen molar-refractivity contribution in [2.75, 3.05) is 0 Å². The Labute approximate surface area is 132 Å². The van der Waals surface area contributed by atoms with Crippen molar-refractivity contribution in [3.63, 3.8) is 0 Å². The van der Waals surface area contributed by atoms with Crippen molar-refractivity contribution in [1.29, 1.82) is 0 Å². The number of fused-ring (bicyclic) bond motifs is 1. The molecule has 1 saturated heterocycles. The second-order valence-electron chi connectivity index (χ2n) is 6.57. The Kier molecular flexibility index (Phi) is 3.21. The van der Waals surface area contributed by atoms with Gasteiger partial charge in [-0.2, -0.15) is 0 Å². The van der Waals surface area contributed by atoms with E-state index in [4.69, 9.17) is 0 Å². The fourth-order valence-electron chi connectivity index (χ4n) is 4.07. The maximum absolute atomic E-state index is 14.0. The number of nitrogens with zero attached hydrogens (tertiary/aromatic N) is 1. The molecule has 6 heteroatoms. The molecule has 3 aliphatic rings. The third kappa shape index (κ3) is 2.24. The van der Waals surface area contributed by atoms with Crippen LogP contribution in [-0.2, 0) is 16.1 Å². The van der Waals surface area contributed by atoms with Gasteiger partial charge in [0.2, 0.25) is 11.8 Å². The molecule has 2 fully saturated rings. The number of hydrogen-bond acceptors (Lipinski definition) is 3. The summed E-state index contributed by atoms with van der Waals surface area (Å²) in [4.78, 5) is 37.3. The van der Waals surface area contributed by atoms with E-state index in [1.54, 1.807) is 0 Å². The number of hydrogen-bond donors (Lipinski definition) is 1. The van der Waals surface area contributed by atoms with Gasteiger partial charge < -0.3 is 4.90 Å². The molecule has 3 amide bonds. The highest BCUT2D eigenvalue weighted by Crippen LogP contribution is 2.40. The molecule has 1 unspecified atom stereocenters. The molecular formula is C17H17FN2O3. The first kappa shape index (κ1) is 14.4. The molecule has 0 bridgehead atoms. The van der Waals surface area contributed by atoms with Crippen LogP contribution in [-0.4, -0.2) is 28.7 Å². The monoisotopic (exact) mass is 316 g/mol. The fraction of sp³-hybridized carbons (Fsp3) is 0.471. The molecule has 120 valence electrons. The van der Waals surface area contributed by atoms with E-state index in [2.05, 4.69) is 5.32 Å². The van der Waals surface area contributed by atoms with Gasteiger partial charge in [0.15, 0.2) is 0 Å². The van der Waals surface area contributed by atoms with Crippen molar-refractivity contribution in [3.05, 3.63) is 34.6 Å². The predicted octanol–water partition coefficient (Wildman–Crippen LogP) is 1.85. The lowest BCUT2D eigenvalue weighted by molar-refractivity contribution is -0.126. The number of amides is 3. The summed E-state index contributed by atoms with van der Waals surface area (Å²) < 4.78 is 14.0. The summed E-state index contributed by atoms with van der Waals surface area (Å²) in [6.07, 6.45) is 4.24. The number of nitrogens with one attached hydrogen (secondary N) is 1. The first-order valence-electron chi connectivity index (χ1n) is 8.01. The maximum atomic E-state index is 14.0. The number of carbonyl (C=O) groups excluding carboxylic acids is 3. The maximum Gasteiger partial charge on any atom is 0.255 e. The van der Waals surface area contributed by atoms with Gasteiger partial charge in [-0.3, -0.25) is 19.7 Å². The van der Waals surface area contributed by atoms with Crippen LogP contribution in [0.4, 0.5) is 4.39 Å². The van der Waals surface area contributed by atoms with Crippen molar-refractivity contribution in [2.45, 2.75) is 50.6 Å². The molecule has 1 atom stereocenters. The van der Waals surface area contributed by atoms with Gasteiger partial charge in [0.25, 0.3) is 5.91 Å². The summed E-state index contributed by atoms with van der Waals surface area (Å²) in [6.45, 7) is 0.283. The molecule has 1 N–H and O–H groups in total. The Bertz CT molecular complexity index is 725. The van der Waals surface area contributed by atoms with Crippen LogP contribution >= 0.6 is 0 Å². The molecule has 1 aliphatic carbocycles. The summed E-state index contributed by atoms with van der Waals surface area (Å²) >= 11 is 0. The van der Waals surface area contributed by atoms with Gasteiger partial charge in [0.05, 0.1) is 6.42 Å². The molecule has 0 spiro atoms.